The van der Waals surface area contributed by atoms with Crippen LogP contribution in [0.5, 0.6) is 6.01 Å². The van der Waals surface area contributed by atoms with Gasteiger partial charge in [-0.2, -0.15) is 4.98 Å². The summed E-state index contributed by atoms with van der Waals surface area (Å²) in [4.78, 5) is 21.1. The number of anilines is 1. The minimum atomic E-state index is -1.10. The molecule has 0 bridgehead atoms. The zero-order chi connectivity index (χ0) is 22.0. The Labute approximate surface area is 180 Å². The van der Waals surface area contributed by atoms with Gasteiger partial charge in [-0.05, 0) is 50.9 Å². The van der Waals surface area contributed by atoms with Crippen LogP contribution in [0.25, 0.3) is 5.65 Å². The van der Waals surface area contributed by atoms with Crippen LogP contribution < -0.4 is 21.3 Å². The molecule has 0 aliphatic carbocycles. The van der Waals surface area contributed by atoms with E-state index in [-0.39, 0.29) is 29.5 Å². The van der Waals surface area contributed by atoms with Crippen molar-refractivity contribution in [2.45, 2.75) is 57.8 Å². The third-order valence-electron chi connectivity index (χ3n) is 5.67. The second-order valence-electron chi connectivity index (χ2n) is 8.00. The fraction of sp³-hybridized carbons (Fsp3) is 0.524. The highest BCUT2D eigenvalue weighted by molar-refractivity contribution is 5.60. The van der Waals surface area contributed by atoms with E-state index in [0.29, 0.717) is 16.9 Å². The average Bonchev–Trinajstić information content (AvgIpc) is 3.18. The molecule has 166 valence electrons. The van der Waals surface area contributed by atoms with Crippen LogP contribution >= 0.6 is 0 Å². The molecule has 10 nitrogen and oxygen atoms in total. The minimum absolute atomic E-state index is 0.0682. The molecule has 3 aromatic heterocycles. The molecule has 0 radical (unpaired) electrons. The van der Waals surface area contributed by atoms with E-state index in [9.17, 15) is 9.90 Å². The first-order valence-electron chi connectivity index (χ1n) is 10.8. The first kappa shape index (κ1) is 21.3. The van der Waals surface area contributed by atoms with Gasteiger partial charge in [0.15, 0.2) is 11.5 Å². The summed E-state index contributed by atoms with van der Waals surface area (Å²) in [7, 11) is 0. The molecular weight excluding hydrogens is 398 g/mol. The lowest BCUT2D eigenvalue weighted by Gasteiger charge is -2.25. The second kappa shape index (κ2) is 9.03. The fourth-order valence-corrected chi connectivity index (χ4v) is 4.01. The number of nitrogens with two attached hydrogens (primary N) is 1. The van der Waals surface area contributed by atoms with Crippen molar-refractivity contribution in [1.29, 1.82) is 0 Å². The topological polar surface area (TPSA) is 133 Å². The largest absolute Gasteiger partial charge is 0.459 e. The smallest absolute Gasteiger partial charge is 0.336 e. The third-order valence-corrected chi connectivity index (χ3v) is 5.67. The molecule has 1 saturated heterocycles. The Hall–Kier alpha value is -2.98. The van der Waals surface area contributed by atoms with E-state index in [1.54, 1.807) is 16.8 Å². The molecule has 4 heterocycles. The van der Waals surface area contributed by atoms with Gasteiger partial charge in [0.1, 0.15) is 6.10 Å². The van der Waals surface area contributed by atoms with Gasteiger partial charge in [0, 0.05) is 18.3 Å². The Balaban J connectivity index is 1.64. The highest BCUT2D eigenvalue weighted by Crippen LogP contribution is 2.25. The lowest BCUT2D eigenvalue weighted by atomic mass is 10.0. The van der Waals surface area contributed by atoms with Gasteiger partial charge in [0.25, 0.3) is 5.56 Å². The molecule has 1 unspecified atom stereocenters. The lowest BCUT2D eigenvalue weighted by Crippen LogP contribution is -2.34. The summed E-state index contributed by atoms with van der Waals surface area (Å²) in [6.45, 7) is 5.80. The zero-order valence-corrected chi connectivity index (χ0v) is 17.9. The summed E-state index contributed by atoms with van der Waals surface area (Å²) < 4.78 is 8.94. The predicted octanol–water partition coefficient (Wildman–Crippen LogP) is 1.44. The van der Waals surface area contributed by atoms with Gasteiger partial charge in [-0.15, -0.1) is 5.10 Å². The number of nitrogen functional groups attached to an aromatic ring is 1. The third kappa shape index (κ3) is 4.40. The van der Waals surface area contributed by atoms with Crippen molar-refractivity contribution >= 4 is 11.5 Å². The van der Waals surface area contributed by atoms with E-state index in [2.05, 4.69) is 27.3 Å². The van der Waals surface area contributed by atoms with Gasteiger partial charge in [-0.1, -0.05) is 13.3 Å². The number of imidazole rings is 1. The van der Waals surface area contributed by atoms with Crippen LogP contribution in [0.15, 0.2) is 29.3 Å². The number of pyridine rings is 1. The maximum Gasteiger partial charge on any atom is 0.336 e. The number of rotatable bonds is 7. The zero-order valence-electron chi connectivity index (χ0n) is 17.9. The number of nitrogens with one attached hydrogen (secondary N) is 1. The number of piperidine rings is 1. The van der Waals surface area contributed by atoms with Crippen molar-refractivity contribution in [2.75, 3.05) is 18.8 Å². The molecule has 31 heavy (non-hydrogen) atoms. The van der Waals surface area contributed by atoms with E-state index < -0.39 is 6.10 Å². The summed E-state index contributed by atoms with van der Waals surface area (Å²) in [5.74, 6) is 0.161. The standard InChI is InChI=1S/C21H29N7O3/c1-3-4-13(2)31-21-25-19(22)20-24-12-16(28(20)26-21)18(30)14-7-10-27(17(29)11-14)15-5-8-23-9-6-15/h7,10-13,15,18,23,30H,3-6,8-9H2,1-2H3,(H2,22,25,26)/t13-,18?/m0/s1. The first-order valence-corrected chi connectivity index (χ1v) is 10.8. The van der Waals surface area contributed by atoms with Crippen LogP contribution in [-0.2, 0) is 0 Å². The van der Waals surface area contributed by atoms with E-state index >= 15 is 0 Å². The molecular formula is C21H29N7O3. The number of aliphatic hydroxyl groups is 1. The van der Waals surface area contributed by atoms with Crippen molar-refractivity contribution in [3.8, 4) is 6.01 Å². The Bertz CT molecular complexity index is 1100. The van der Waals surface area contributed by atoms with Crippen molar-refractivity contribution in [3.05, 3.63) is 46.1 Å². The number of ether oxygens (including phenoxy) is 1. The number of hydrogen-bond acceptors (Lipinski definition) is 8. The van der Waals surface area contributed by atoms with Crippen molar-refractivity contribution in [3.63, 3.8) is 0 Å². The molecule has 0 amide bonds. The summed E-state index contributed by atoms with van der Waals surface area (Å²) in [5, 5.41) is 18.7. The predicted molar refractivity (Wildman–Crippen MR) is 116 cm³/mol. The first-order chi connectivity index (χ1) is 15.0. The van der Waals surface area contributed by atoms with Crippen molar-refractivity contribution in [1.82, 2.24) is 29.5 Å². The number of nitrogens with zero attached hydrogens (tertiary/aromatic N) is 5. The molecule has 0 saturated carbocycles. The Morgan fingerprint density at radius 2 is 2.16 bits per heavy atom. The number of aliphatic hydroxyl groups excluding tert-OH is 1. The van der Waals surface area contributed by atoms with Gasteiger partial charge in [-0.25, -0.2) is 9.50 Å². The molecule has 0 spiro atoms. The minimum Gasteiger partial charge on any atom is -0.459 e. The Morgan fingerprint density at radius 1 is 1.39 bits per heavy atom. The molecule has 1 aliphatic rings. The monoisotopic (exact) mass is 427 g/mol. The summed E-state index contributed by atoms with van der Waals surface area (Å²) in [6, 6.07) is 3.53. The van der Waals surface area contributed by atoms with Gasteiger partial charge < -0.3 is 25.5 Å². The van der Waals surface area contributed by atoms with Crippen LogP contribution in [0.2, 0.25) is 0 Å². The summed E-state index contributed by atoms with van der Waals surface area (Å²) in [6.07, 6.45) is 5.72. The molecule has 4 rings (SSSR count). The van der Waals surface area contributed by atoms with Crippen LogP contribution in [-0.4, -0.2) is 48.4 Å². The fourth-order valence-electron chi connectivity index (χ4n) is 4.01. The quantitative estimate of drug-likeness (QED) is 0.516. The SMILES string of the molecule is CCC[C@H](C)Oc1nc(N)c2ncc(C(O)c3ccn(C4CCNCC4)c(=O)c3)n2n1. The van der Waals surface area contributed by atoms with Gasteiger partial charge >= 0.3 is 6.01 Å². The number of fused-ring (bicyclic) bond motifs is 1. The highest BCUT2D eigenvalue weighted by atomic mass is 16.5. The van der Waals surface area contributed by atoms with Gasteiger partial charge in [0.2, 0.25) is 0 Å². The molecule has 1 fully saturated rings. The maximum atomic E-state index is 12.7. The van der Waals surface area contributed by atoms with Gasteiger partial charge in [-0.3, -0.25) is 4.79 Å². The van der Waals surface area contributed by atoms with E-state index in [4.69, 9.17) is 10.5 Å². The van der Waals surface area contributed by atoms with Crippen molar-refractivity contribution in [2.24, 2.45) is 0 Å². The molecule has 1 aliphatic heterocycles. The molecule has 4 N–H and O–H groups in total. The second-order valence-corrected chi connectivity index (χ2v) is 8.00. The lowest BCUT2D eigenvalue weighted by molar-refractivity contribution is 0.187. The van der Waals surface area contributed by atoms with Crippen molar-refractivity contribution < 1.29 is 9.84 Å². The number of aromatic nitrogens is 5. The molecule has 0 aromatic carbocycles. The van der Waals surface area contributed by atoms with E-state index in [1.165, 1.54) is 16.8 Å². The molecule has 10 heteroatoms. The average molecular weight is 428 g/mol. The summed E-state index contributed by atoms with van der Waals surface area (Å²) in [5.41, 5.74) is 7.08. The molecule has 2 atom stereocenters. The summed E-state index contributed by atoms with van der Waals surface area (Å²) >= 11 is 0. The van der Waals surface area contributed by atoms with Gasteiger partial charge in [0.05, 0.1) is 18.0 Å². The highest BCUT2D eigenvalue weighted by Gasteiger charge is 2.22. The normalized spacial score (nSPS) is 17.0. The maximum absolute atomic E-state index is 12.7. The van der Waals surface area contributed by atoms with Crippen LogP contribution in [0.3, 0.4) is 0 Å². The van der Waals surface area contributed by atoms with Crippen LogP contribution in [0.4, 0.5) is 5.82 Å². The van der Waals surface area contributed by atoms with E-state index in [0.717, 1.165) is 38.8 Å². The van der Waals surface area contributed by atoms with E-state index in [1.807, 2.05) is 6.92 Å². The Morgan fingerprint density at radius 3 is 2.87 bits per heavy atom. The van der Waals surface area contributed by atoms with Crippen LogP contribution in [0.1, 0.15) is 62.9 Å². The molecule has 3 aromatic rings. The number of hydrogen-bond donors (Lipinski definition) is 3. The van der Waals surface area contributed by atoms with Crippen LogP contribution in [0, 0.1) is 0 Å². The Kier molecular flexibility index (Phi) is 6.19.